The third kappa shape index (κ3) is 5.11. The molecule has 3 nitrogen and oxygen atoms in total. The molecule has 0 saturated heterocycles. The highest BCUT2D eigenvalue weighted by atomic mass is 79.9. The van der Waals surface area contributed by atoms with Crippen molar-refractivity contribution in [3.05, 3.63) is 27.5 Å². The fourth-order valence-electron chi connectivity index (χ4n) is 2.06. The number of hydrogen-bond acceptors (Lipinski definition) is 2. The van der Waals surface area contributed by atoms with Crippen molar-refractivity contribution in [2.24, 2.45) is 0 Å². The summed E-state index contributed by atoms with van der Waals surface area (Å²) in [7, 11) is 0. The predicted octanol–water partition coefficient (Wildman–Crippen LogP) is 3.85. The Morgan fingerprint density at radius 3 is 2.74 bits per heavy atom. The Balaban J connectivity index is 2.61. The number of aromatic nitrogens is 2. The molecule has 0 fully saturated rings. The first-order chi connectivity index (χ1) is 8.95. The summed E-state index contributed by atoms with van der Waals surface area (Å²) in [6, 6.07) is 0.562. The van der Waals surface area contributed by atoms with Crippen LogP contribution in [0.3, 0.4) is 0 Å². The Hall–Kier alpha value is -0.610. The van der Waals surface area contributed by atoms with Gasteiger partial charge in [-0.2, -0.15) is 5.10 Å². The molecule has 0 aromatic carbocycles. The molecule has 0 atom stereocenters. The van der Waals surface area contributed by atoms with E-state index in [0.717, 1.165) is 36.1 Å². The molecule has 108 valence electrons. The van der Waals surface area contributed by atoms with Crippen LogP contribution in [0.15, 0.2) is 16.1 Å². The van der Waals surface area contributed by atoms with Gasteiger partial charge >= 0.3 is 0 Å². The van der Waals surface area contributed by atoms with Crippen molar-refractivity contribution in [3.8, 4) is 0 Å². The SMILES string of the molecule is CCn1nc(C)c(Br)c1CC(C)=CCCNC(C)C. The van der Waals surface area contributed by atoms with E-state index in [1.165, 1.54) is 11.3 Å². The molecule has 19 heavy (non-hydrogen) atoms. The van der Waals surface area contributed by atoms with E-state index >= 15 is 0 Å². The maximum Gasteiger partial charge on any atom is 0.0738 e. The Labute approximate surface area is 125 Å². The van der Waals surface area contributed by atoms with Crippen LogP contribution >= 0.6 is 15.9 Å². The lowest BCUT2D eigenvalue weighted by Gasteiger charge is -2.08. The molecular weight excluding hydrogens is 302 g/mol. The van der Waals surface area contributed by atoms with Crippen LogP contribution in [0, 0.1) is 6.92 Å². The Kier molecular flexibility index (Phi) is 6.80. The average molecular weight is 328 g/mol. The van der Waals surface area contributed by atoms with Gasteiger partial charge < -0.3 is 5.32 Å². The molecule has 1 rings (SSSR count). The number of aryl methyl sites for hydroxylation is 2. The number of nitrogens with zero attached hydrogens (tertiary/aromatic N) is 2. The molecule has 1 N–H and O–H groups in total. The van der Waals surface area contributed by atoms with E-state index in [9.17, 15) is 0 Å². The van der Waals surface area contributed by atoms with E-state index in [1.54, 1.807) is 0 Å². The second-order valence-corrected chi connectivity index (χ2v) is 6.08. The van der Waals surface area contributed by atoms with E-state index in [2.05, 4.69) is 64.8 Å². The van der Waals surface area contributed by atoms with Crippen LogP contribution in [-0.2, 0) is 13.0 Å². The summed E-state index contributed by atoms with van der Waals surface area (Å²) in [5, 5.41) is 7.96. The van der Waals surface area contributed by atoms with Crippen LogP contribution < -0.4 is 5.32 Å². The van der Waals surface area contributed by atoms with Gasteiger partial charge in [0.1, 0.15) is 0 Å². The molecule has 1 heterocycles. The number of rotatable bonds is 7. The number of allylic oxidation sites excluding steroid dienone is 1. The summed E-state index contributed by atoms with van der Waals surface area (Å²) in [6.07, 6.45) is 4.38. The van der Waals surface area contributed by atoms with Gasteiger partial charge in [-0.25, -0.2) is 0 Å². The number of hydrogen-bond donors (Lipinski definition) is 1. The van der Waals surface area contributed by atoms with Crippen molar-refractivity contribution in [1.82, 2.24) is 15.1 Å². The third-order valence-corrected chi connectivity index (χ3v) is 4.12. The van der Waals surface area contributed by atoms with Gasteiger partial charge in [0.05, 0.1) is 15.9 Å². The van der Waals surface area contributed by atoms with Crippen molar-refractivity contribution in [2.75, 3.05) is 6.54 Å². The highest BCUT2D eigenvalue weighted by molar-refractivity contribution is 9.10. The lowest BCUT2D eigenvalue weighted by Crippen LogP contribution is -2.23. The lowest BCUT2D eigenvalue weighted by atomic mass is 10.1. The van der Waals surface area contributed by atoms with E-state index in [4.69, 9.17) is 0 Å². The minimum atomic E-state index is 0.562. The zero-order valence-corrected chi connectivity index (χ0v) is 14.3. The normalized spacial score (nSPS) is 12.5. The van der Waals surface area contributed by atoms with Gasteiger partial charge in [0.15, 0.2) is 0 Å². The summed E-state index contributed by atoms with van der Waals surface area (Å²) >= 11 is 3.65. The molecule has 0 spiro atoms. The highest BCUT2D eigenvalue weighted by Gasteiger charge is 2.11. The summed E-state index contributed by atoms with van der Waals surface area (Å²) < 4.78 is 3.24. The first-order valence-electron chi connectivity index (χ1n) is 7.06. The molecule has 0 aliphatic carbocycles. The largest absolute Gasteiger partial charge is 0.314 e. The number of nitrogens with one attached hydrogen (secondary N) is 1. The molecule has 1 aromatic heterocycles. The van der Waals surface area contributed by atoms with Gasteiger partial charge in [0, 0.05) is 19.0 Å². The first-order valence-corrected chi connectivity index (χ1v) is 7.85. The maximum atomic E-state index is 4.53. The minimum absolute atomic E-state index is 0.562. The van der Waals surface area contributed by atoms with Gasteiger partial charge in [-0.15, -0.1) is 0 Å². The molecule has 1 aromatic rings. The fraction of sp³-hybridized carbons (Fsp3) is 0.667. The quantitative estimate of drug-likeness (QED) is 0.609. The van der Waals surface area contributed by atoms with Gasteiger partial charge in [-0.3, -0.25) is 4.68 Å². The van der Waals surface area contributed by atoms with Crippen molar-refractivity contribution >= 4 is 15.9 Å². The maximum absolute atomic E-state index is 4.53. The summed E-state index contributed by atoms with van der Waals surface area (Å²) in [6.45, 7) is 12.7. The van der Waals surface area contributed by atoms with Crippen LogP contribution in [0.4, 0.5) is 0 Å². The first kappa shape index (κ1) is 16.4. The van der Waals surface area contributed by atoms with Gasteiger partial charge in [-0.05, 0) is 49.7 Å². The topological polar surface area (TPSA) is 29.9 Å². The monoisotopic (exact) mass is 327 g/mol. The van der Waals surface area contributed by atoms with Crippen LogP contribution in [0.5, 0.6) is 0 Å². The summed E-state index contributed by atoms with van der Waals surface area (Å²) in [4.78, 5) is 0. The molecule has 0 unspecified atom stereocenters. The Morgan fingerprint density at radius 1 is 1.47 bits per heavy atom. The van der Waals surface area contributed by atoms with E-state index in [1.807, 2.05) is 6.92 Å². The van der Waals surface area contributed by atoms with Gasteiger partial charge in [0.25, 0.3) is 0 Å². The van der Waals surface area contributed by atoms with Gasteiger partial charge in [-0.1, -0.05) is 25.5 Å². The molecular formula is C15H26BrN3. The summed E-state index contributed by atoms with van der Waals surface area (Å²) in [5.41, 5.74) is 3.76. The zero-order valence-electron chi connectivity index (χ0n) is 12.8. The lowest BCUT2D eigenvalue weighted by molar-refractivity contribution is 0.593. The van der Waals surface area contributed by atoms with Crippen molar-refractivity contribution in [1.29, 1.82) is 0 Å². The van der Waals surface area contributed by atoms with Crippen molar-refractivity contribution in [2.45, 2.75) is 60.0 Å². The molecule has 0 radical (unpaired) electrons. The molecule has 4 heteroatoms. The van der Waals surface area contributed by atoms with Crippen LogP contribution in [0.2, 0.25) is 0 Å². The molecule has 0 bridgehead atoms. The molecule has 0 aliphatic rings. The van der Waals surface area contributed by atoms with Crippen molar-refractivity contribution in [3.63, 3.8) is 0 Å². The smallest absolute Gasteiger partial charge is 0.0738 e. The standard InChI is InChI=1S/C15H26BrN3/c1-6-19-14(15(16)13(5)18-19)10-12(4)8-7-9-17-11(2)3/h8,11,17H,6-7,9-10H2,1-5H3. The van der Waals surface area contributed by atoms with E-state index in [0.29, 0.717) is 6.04 Å². The number of halogens is 1. The third-order valence-electron chi connectivity index (χ3n) is 3.09. The summed E-state index contributed by atoms with van der Waals surface area (Å²) in [5.74, 6) is 0. The molecule has 0 saturated carbocycles. The highest BCUT2D eigenvalue weighted by Crippen LogP contribution is 2.23. The van der Waals surface area contributed by atoms with E-state index < -0.39 is 0 Å². The second-order valence-electron chi connectivity index (χ2n) is 5.29. The van der Waals surface area contributed by atoms with E-state index in [-0.39, 0.29) is 0 Å². The van der Waals surface area contributed by atoms with Crippen LogP contribution in [0.25, 0.3) is 0 Å². The van der Waals surface area contributed by atoms with Gasteiger partial charge in [0.2, 0.25) is 0 Å². The Morgan fingerprint density at radius 2 is 2.16 bits per heavy atom. The molecule has 0 amide bonds. The fourth-order valence-corrected chi connectivity index (χ4v) is 2.49. The second kappa shape index (κ2) is 7.85. The Bertz CT molecular complexity index is 433. The van der Waals surface area contributed by atoms with Crippen molar-refractivity contribution < 1.29 is 0 Å². The predicted molar refractivity (Wildman–Crippen MR) is 85.6 cm³/mol. The zero-order chi connectivity index (χ0) is 14.4. The minimum Gasteiger partial charge on any atom is -0.314 e. The molecule has 0 aliphatic heterocycles. The van der Waals surface area contributed by atoms with Crippen LogP contribution in [0.1, 0.15) is 45.5 Å². The average Bonchev–Trinajstić information content (AvgIpc) is 2.62. The van der Waals surface area contributed by atoms with Crippen LogP contribution in [-0.4, -0.2) is 22.4 Å².